The van der Waals surface area contributed by atoms with E-state index in [0.29, 0.717) is 15.6 Å². The number of aromatic nitrogens is 1. The molecular weight excluding hydrogens is 280 g/mol. The zero-order valence-corrected chi connectivity index (χ0v) is 11.6. The van der Waals surface area contributed by atoms with E-state index < -0.39 is 0 Å². The summed E-state index contributed by atoms with van der Waals surface area (Å²) >= 11 is 2.62. The molecule has 0 spiro atoms. The Labute approximate surface area is 118 Å². The van der Waals surface area contributed by atoms with E-state index in [9.17, 15) is 5.11 Å². The third kappa shape index (κ3) is 3.24. The Balaban J connectivity index is 2.11. The topological polar surface area (TPSA) is 81.3 Å². The number of phenolic OH excluding ortho intramolecular Hbond substituents is 1. The molecule has 1 aromatic heterocycles. The average Bonchev–Trinajstić information content (AvgIpc) is 2.81. The van der Waals surface area contributed by atoms with Crippen molar-refractivity contribution in [2.24, 2.45) is 5.10 Å². The third-order valence-electron chi connectivity index (χ3n) is 2.22. The van der Waals surface area contributed by atoms with Crippen LogP contribution in [-0.2, 0) is 0 Å². The van der Waals surface area contributed by atoms with Gasteiger partial charge in [-0.15, -0.1) is 11.8 Å². The van der Waals surface area contributed by atoms with Crippen LogP contribution in [0.5, 0.6) is 5.75 Å². The number of aromatic hydroxyl groups is 1. The highest BCUT2D eigenvalue weighted by Crippen LogP contribution is 2.29. The Morgan fingerprint density at radius 3 is 3.11 bits per heavy atom. The monoisotopic (exact) mass is 290 g/mol. The van der Waals surface area contributed by atoms with E-state index in [1.54, 1.807) is 24.4 Å². The summed E-state index contributed by atoms with van der Waals surface area (Å²) in [5.74, 6) is 0.184. The molecule has 2 aromatic rings. The standard InChI is InChI=1S/C12H10N4OS2/c1-18-12-10(6-13)11(19-16-12)15-14-7-8-3-2-4-9(17)5-8/h2-5,7,15,17H,1H3/b14-7-. The SMILES string of the molecule is CSc1nsc(N/N=C\c2cccc(O)c2)c1C#N. The van der Waals surface area contributed by atoms with E-state index in [2.05, 4.69) is 21.0 Å². The maximum Gasteiger partial charge on any atom is 0.148 e. The van der Waals surface area contributed by atoms with Gasteiger partial charge >= 0.3 is 0 Å². The number of hydrogen-bond donors (Lipinski definition) is 2. The summed E-state index contributed by atoms with van der Waals surface area (Å²) in [5.41, 5.74) is 4.06. The Morgan fingerprint density at radius 1 is 1.58 bits per heavy atom. The summed E-state index contributed by atoms with van der Waals surface area (Å²) in [6.45, 7) is 0. The first-order valence-corrected chi connectivity index (χ1v) is 7.26. The highest BCUT2D eigenvalue weighted by Gasteiger charge is 2.11. The average molecular weight is 290 g/mol. The maximum atomic E-state index is 9.31. The Morgan fingerprint density at radius 2 is 2.42 bits per heavy atom. The van der Waals surface area contributed by atoms with Gasteiger partial charge < -0.3 is 5.11 Å². The summed E-state index contributed by atoms with van der Waals surface area (Å²) in [7, 11) is 0. The molecule has 2 rings (SSSR count). The predicted molar refractivity (Wildman–Crippen MR) is 77.9 cm³/mol. The number of rotatable bonds is 4. The molecule has 1 heterocycles. The Kier molecular flexibility index (Phi) is 4.39. The van der Waals surface area contributed by atoms with Crippen molar-refractivity contribution in [3.05, 3.63) is 35.4 Å². The van der Waals surface area contributed by atoms with Crippen molar-refractivity contribution in [3.8, 4) is 11.8 Å². The van der Waals surface area contributed by atoms with Crippen molar-refractivity contribution in [2.75, 3.05) is 11.7 Å². The van der Waals surface area contributed by atoms with Crippen LogP contribution in [0.25, 0.3) is 0 Å². The predicted octanol–water partition coefficient (Wildman–Crippen LogP) is 2.89. The van der Waals surface area contributed by atoms with E-state index >= 15 is 0 Å². The maximum absolute atomic E-state index is 9.31. The van der Waals surface area contributed by atoms with Crippen LogP contribution in [0.3, 0.4) is 0 Å². The fraction of sp³-hybridized carbons (Fsp3) is 0.0833. The van der Waals surface area contributed by atoms with Gasteiger partial charge in [0.2, 0.25) is 0 Å². The van der Waals surface area contributed by atoms with Gasteiger partial charge in [-0.3, -0.25) is 5.43 Å². The van der Waals surface area contributed by atoms with Crippen LogP contribution in [0.15, 0.2) is 34.4 Å². The number of nitrogens with zero attached hydrogens (tertiary/aromatic N) is 3. The smallest absolute Gasteiger partial charge is 0.148 e. The zero-order chi connectivity index (χ0) is 13.7. The summed E-state index contributed by atoms with van der Waals surface area (Å²) in [6, 6.07) is 8.83. The second-order valence-electron chi connectivity index (χ2n) is 3.47. The van der Waals surface area contributed by atoms with Gasteiger partial charge in [-0.1, -0.05) is 12.1 Å². The molecule has 0 saturated carbocycles. The first kappa shape index (κ1) is 13.4. The fourth-order valence-electron chi connectivity index (χ4n) is 1.36. The van der Waals surface area contributed by atoms with Gasteiger partial charge in [-0.05, 0) is 35.5 Å². The number of hydrazone groups is 1. The number of hydrogen-bond acceptors (Lipinski definition) is 7. The number of phenols is 1. The van der Waals surface area contributed by atoms with Crippen molar-refractivity contribution in [1.29, 1.82) is 5.26 Å². The lowest BCUT2D eigenvalue weighted by atomic mass is 10.2. The van der Waals surface area contributed by atoms with Gasteiger partial charge in [0.25, 0.3) is 0 Å². The first-order chi connectivity index (χ1) is 9.24. The molecule has 1 aromatic carbocycles. The molecule has 0 unspecified atom stereocenters. The third-order valence-corrected chi connectivity index (χ3v) is 3.77. The van der Waals surface area contributed by atoms with Crippen LogP contribution in [0.4, 0.5) is 5.00 Å². The minimum absolute atomic E-state index is 0.184. The van der Waals surface area contributed by atoms with E-state index in [-0.39, 0.29) is 5.75 Å². The van der Waals surface area contributed by atoms with Crippen LogP contribution in [0, 0.1) is 11.3 Å². The van der Waals surface area contributed by atoms with E-state index in [4.69, 9.17) is 5.26 Å². The largest absolute Gasteiger partial charge is 0.508 e. The van der Waals surface area contributed by atoms with Crippen molar-refractivity contribution in [3.63, 3.8) is 0 Å². The quantitative estimate of drug-likeness (QED) is 0.514. The molecule has 0 saturated heterocycles. The number of nitriles is 1. The van der Waals surface area contributed by atoms with Gasteiger partial charge in [0.05, 0.1) is 6.21 Å². The minimum atomic E-state index is 0.184. The van der Waals surface area contributed by atoms with Gasteiger partial charge in [0.15, 0.2) is 0 Å². The van der Waals surface area contributed by atoms with Crippen LogP contribution in [0.2, 0.25) is 0 Å². The van der Waals surface area contributed by atoms with Crippen molar-refractivity contribution in [2.45, 2.75) is 5.03 Å². The molecule has 0 bridgehead atoms. The number of thioether (sulfide) groups is 1. The second kappa shape index (κ2) is 6.22. The molecule has 5 nitrogen and oxygen atoms in total. The molecule has 19 heavy (non-hydrogen) atoms. The van der Waals surface area contributed by atoms with Gasteiger partial charge in [0, 0.05) is 0 Å². The van der Waals surface area contributed by atoms with Crippen LogP contribution in [0.1, 0.15) is 11.1 Å². The lowest BCUT2D eigenvalue weighted by Gasteiger charge is -1.97. The zero-order valence-electron chi connectivity index (χ0n) is 9.99. The molecule has 0 radical (unpaired) electrons. The van der Waals surface area contributed by atoms with Gasteiger partial charge in [-0.2, -0.15) is 14.7 Å². The van der Waals surface area contributed by atoms with Crippen molar-refractivity contribution >= 4 is 34.5 Å². The molecule has 0 atom stereocenters. The van der Waals surface area contributed by atoms with Crippen LogP contribution in [-0.4, -0.2) is 22.0 Å². The van der Waals surface area contributed by atoms with E-state index in [1.165, 1.54) is 23.3 Å². The lowest BCUT2D eigenvalue weighted by molar-refractivity contribution is 0.475. The molecule has 0 aliphatic heterocycles. The molecule has 0 fully saturated rings. The lowest BCUT2D eigenvalue weighted by Crippen LogP contribution is -1.90. The molecule has 0 aliphatic carbocycles. The second-order valence-corrected chi connectivity index (χ2v) is 5.04. The highest BCUT2D eigenvalue weighted by molar-refractivity contribution is 7.98. The highest BCUT2D eigenvalue weighted by atomic mass is 32.2. The number of benzene rings is 1. The van der Waals surface area contributed by atoms with Crippen molar-refractivity contribution < 1.29 is 5.11 Å². The van der Waals surface area contributed by atoms with Crippen LogP contribution >= 0.6 is 23.3 Å². The first-order valence-electron chi connectivity index (χ1n) is 5.26. The molecule has 96 valence electrons. The summed E-state index contributed by atoms with van der Waals surface area (Å²) in [6.07, 6.45) is 3.44. The molecule has 0 aliphatic rings. The van der Waals surface area contributed by atoms with Gasteiger partial charge in [0.1, 0.15) is 27.4 Å². The minimum Gasteiger partial charge on any atom is -0.508 e. The number of anilines is 1. The van der Waals surface area contributed by atoms with E-state index in [0.717, 1.165) is 5.56 Å². The fourth-order valence-corrected chi connectivity index (χ4v) is 2.78. The summed E-state index contributed by atoms with van der Waals surface area (Å²) < 4.78 is 4.15. The normalized spacial score (nSPS) is 10.5. The van der Waals surface area contributed by atoms with E-state index in [1.807, 2.05) is 12.3 Å². The molecule has 2 N–H and O–H groups in total. The van der Waals surface area contributed by atoms with Gasteiger partial charge in [-0.25, -0.2) is 0 Å². The van der Waals surface area contributed by atoms with Crippen molar-refractivity contribution in [1.82, 2.24) is 4.37 Å². The molecule has 0 amide bonds. The Bertz CT molecular complexity index is 645. The van der Waals surface area contributed by atoms with Crippen LogP contribution < -0.4 is 5.43 Å². The number of nitrogens with one attached hydrogen (secondary N) is 1. The Hall–Kier alpha value is -2.04. The summed E-state index contributed by atoms with van der Waals surface area (Å²) in [5, 5.41) is 23.7. The summed E-state index contributed by atoms with van der Waals surface area (Å²) in [4.78, 5) is 0. The molecule has 7 heteroatoms. The molecular formula is C12H10N4OS2.